The summed E-state index contributed by atoms with van der Waals surface area (Å²) in [5, 5.41) is 38.8. The van der Waals surface area contributed by atoms with Crippen LogP contribution in [0.5, 0.6) is 34.5 Å². The summed E-state index contributed by atoms with van der Waals surface area (Å²) < 4.78 is 5.96. The molecular formula is C28H26O5. The Hall–Kier alpha value is -4.12. The van der Waals surface area contributed by atoms with Crippen molar-refractivity contribution in [1.29, 1.82) is 0 Å². The molecule has 0 atom stereocenters. The van der Waals surface area contributed by atoms with Crippen molar-refractivity contribution in [2.24, 2.45) is 0 Å². The Bertz CT molecular complexity index is 1230. The maximum atomic E-state index is 10.1. The van der Waals surface area contributed by atoms with Gasteiger partial charge in [0.15, 0.2) is 11.5 Å². The first kappa shape index (κ1) is 22.1. The number of hydrogen-bond acceptors (Lipinski definition) is 5. The van der Waals surface area contributed by atoms with Crippen molar-refractivity contribution in [1.82, 2.24) is 0 Å². The molecule has 0 aliphatic carbocycles. The lowest BCUT2D eigenvalue weighted by atomic mass is 10.0. The van der Waals surface area contributed by atoms with Gasteiger partial charge in [0, 0.05) is 6.07 Å². The van der Waals surface area contributed by atoms with E-state index in [1.807, 2.05) is 42.5 Å². The number of ether oxygens (including phenoxy) is 1. The van der Waals surface area contributed by atoms with Crippen molar-refractivity contribution >= 4 is 0 Å². The first-order chi connectivity index (χ1) is 15.9. The van der Waals surface area contributed by atoms with Crippen molar-refractivity contribution in [3.63, 3.8) is 0 Å². The van der Waals surface area contributed by atoms with E-state index in [4.69, 9.17) is 4.74 Å². The van der Waals surface area contributed by atoms with E-state index < -0.39 is 0 Å². The summed E-state index contributed by atoms with van der Waals surface area (Å²) >= 11 is 0. The fourth-order valence-corrected chi connectivity index (χ4v) is 3.72. The Labute approximate surface area is 192 Å². The quantitative estimate of drug-likeness (QED) is 0.256. The lowest BCUT2D eigenvalue weighted by Gasteiger charge is -2.10. The summed E-state index contributed by atoms with van der Waals surface area (Å²) in [6, 6.07) is 25.0. The fraction of sp³-hybridized carbons (Fsp3) is 0.143. The van der Waals surface area contributed by atoms with Crippen LogP contribution < -0.4 is 4.74 Å². The zero-order valence-electron chi connectivity index (χ0n) is 18.1. The largest absolute Gasteiger partial charge is 0.508 e. The van der Waals surface area contributed by atoms with E-state index in [1.165, 1.54) is 6.07 Å². The molecular weight excluding hydrogens is 416 g/mol. The number of phenolic OH excluding ortho intramolecular Hbond substituents is 4. The first-order valence-corrected chi connectivity index (χ1v) is 10.8. The van der Waals surface area contributed by atoms with E-state index in [1.54, 1.807) is 36.4 Å². The van der Waals surface area contributed by atoms with Crippen molar-refractivity contribution in [3.05, 3.63) is 107 Å². The predicted molar refractivity (Wildman–Crippen MR) is 127 cm³/mol. The van der Waals surface area contributed by atoms with Crippen LogP contribution in [0.25, 0.3) is 0 Å². The summed E-state index contributed by atoms with van der Waals surface area (Å²) in [5.74, 6) is 1.40. The maximum Gasteiger partial charge on any atom is 0.157 e. The lowest BCUT2D eigenvalue weighted by Crippen LogP contribution is -1.94. The van der Waals surface area contributed by atoms with Crippen LogP contribution in [0.15, 0.2) is 84.9 Å². The van der Waals surface area contributed by atoms with Crippen molar-refractivity contribution in [2.45, 2.75) is 25.7 Å². The Balaban J connectivity index is 1.36. The van der Waals surface area contributed by atoms with Gasteiger partial charge in [-0.05, 0) is 96.5 Å². The van der Waals surface area contributed by atoms with Gasteiger partial charge in [0.1, 0.15) is 23.0 Å². The molecule has 0 fully saturated rings. The second-order valence-electron chi connectivity index (χ2n) is 8.07. The highest BCUT2D eigenvalue weighted by Gasteiger charge is 2.06. The van der Waals surface area contributed by atoms with Gasteiger partial charge in [0.2, 0.25) is 0 Å². The van der Waals surface area contributed by atoms with Crippen LogP contribution in [0.4, 0.5) is 0 Å². The Morgan fingerprint density at radius 2 is 1.09 bits per heavy atom. The molecule has 33 heavy (non-hydrogen) atoms. The number of aryl methyl sites for hydroxylation is 4. The lowest BCUT2D eigenvalue weighted by molar-refractivity contribution is 0.403. The molecule has 168 valence electrons. The molecule has 0 radical (unpaired) electrons. The molecule has 4 rings (SSSR count). The van der Waals surface area contributed by atoms with E-state index in [2.05, 4.69) is 0 Å². The van der Waals surface area contributed by atoms with Crippen molar-refractivity contribution in [2.75, 3.05) is 0 Å². The summed E-state index contributed by atoms with van der Waals surface area (Å²) in [6.45, 7) is 0. The van der Waals surface area contributed by atoms with Gasteiger partial charge in [0.25, 0.3) is 0 Å². The molecule has 4 N–H and O–H groups in total. The second kappa shape index (κ2) is 10.0. The second-order valence-corrected chi connectivity index (χ2v) is 8.07. The number of rotatable bonds is 8. The van der Waals surface area contributed by atoms with Crippen LogP contribution in [-0.2, 0) is 25.7 Å². The molecule has 0 amide bonds. The molecule has 0 aliphatic heterocycles. The van der Waals surface area contributed by atoms with Gasteiger partial charge in [-0.1, -0.05) is 30.3 Å². The molecule has 0 saturated heterocycles. The highest BCUT2D eigenvalue weighted by Crippen LogP contribution is 2.29. The van der Waals surface area contributed by atoms with Crippen LogP contribution in [-0.4, -0.2) is 20.4 Å². The van der Waals surface area contributed by atoms with E-state index in [0.29, 0.717) is 17.9 Å². The van der Waals surface area contributed by atoms with Crippen LogP contribution in [0.1, 0.15) is 22.3 Å². The van der Waals surface area contributed by atoms with Crippen LogP contribution >= 0.6 is 0 Å². The van der Waals surface area contributed by atoms with Gasteiger partial charge in [-0.3, -0.25) is 0 Å². The molecule has 0 aliphatic rings. The minimum absolute atomic E-state index is 0.108. The maximum absolute atomic E-state index is 10.1. The van der Waals surface area contributed by atoms with E-state index in [-0.39, 0.29) is 23.0 Å². The minimum Gasteiger partial charge on any atom is -0.508 e. The first-order valence-electron chi connectivity index (χ1n) is 10.8. The average molecular weight is 443 g/mol. The monoisotopic (exact) mass is 442 g/mol. The highest BCUT2D eigenvalue weighted by atomic mass is 16.5. The normalized spacial score (nSPS) is 10.8. The third-order valence-corrected chi connectivity index (χ3v) is 5.47. The standard InChI is InChI=1S/C28H26O5/c29-23-3-1-2-20(14-23)6-7-22-15-24(30)18-26(16-22)33-25-11-8-19(9-12-25)4-5-21-10-13-27(31)28(32)17-21/h1-3,8-18,29-32H,4-7H2. The molecule has 0 bridgehead atoms. The van der Waals surface area contributed by atoms with Crippen LogP contribution in [0.2, 0.25) is 0 Å². The predicted octanol–water partition coefficient (Wildman–Crippen LogP) is 5.87. The zero-order chi connectivity index (χ0) is 23.2. The Kier molecular flexibility index (Phi) is 6.69. The Morgan fingerprint density at radius 3 is 1.82 bits per heavy atom. The molecule has 0 unspecified atom stereocenters. The molecule has 4 aromatic carbocycles. The zero-order valence-corrected chi connectivity index (χ0v) is 18.1. The average Bonchev–Trinajstić information content (AvgIpc) is 2.79. The number of benzene rings is 4. The third kappa shape index (κ3) is 6.20. The molecule has 0 spiro atoms. The fourth-order valence-electron chi connectivity index (χ4n) is 3.72. The van der Waals surface area contributed by atoms with Crippen LogP contribution in [0.3, 0.4) is 0 Å². The Morgan fingerprint density at radius 1 is 0.455 bits per heavy atom. The SMILES string of the molecule is Oc1cccc(CCc2cc(O)cc(Oc3ccc(CCc4ccc(O)c(O)c4)cc3)c2)c1. The molecule has 0 saturated carbocycles. The topological polar surface area (TPSA) is 90.2 Å². The number of aromatic hydroxyl groups is 4. The summed E-state index contributed by atoms with van der Waals surface area (Å²) in [6.07, 6.45) is 2.98. The number of phenols is 4. The van der Waals surface area contributed by atoms with Crippen LogP contribution in [0, 0.1) is 0 Å². The smallest absolute Gasteiger partial charge is 0.157 e. The van der Waals surface area contributed by atoms with Gasteiger partial charge >= 0.3 is 0 Å². The summed E-state index contributed by atoms with van der Waals surface area (Å²) in [7, 11) is 0. The third-order valence-electron chi connectivity index (χ3n) is 5.47. The van der Waals surface area contributed by atoms with Crippen molar-refractivity contribution in [3.8, 4) is 34.5 Å². The van der Waals surface area contributed by atoms with Gasteiger partial charge in [-0.15, -0.1) is 0 Å². The molecule has 5 heteroatoms. The van der Waals surface area contributed by atoms with Gasteiger partial charge < -0.3 is 25.2 Å². The highest BCUT2D eigenvalue weighted by molar-refractivity contribution is 5.42. The van der Waals surface area contributed by atoms with Gasteiger partial charge in [0.05, 0.1) is 0 Å². The van der Waals surface area contributed by atoms with Crippen molar-refractivity contribution < 1.29 is 25.2 Å². The van der Waals surface area contributed by atoms with Gasteiger partial charge in [-0.25, -0.2) is 0 Å². The minimum atomic E-state index is -0.116. The summed E-state index contributed by atoms with van der Waals surface area (Å²) in [4.78, 5) is 0. The molecule has 4 aromatic rings. The van der Waals surface area contributed by atoms with E-state index in [9.17, 15) is 20.4 Å². The van der Waals surface area contributed by atoms with E-state index in [0.717, 1.165) is 41.5 Å². The van der Waals surface area contributed by atoms with Gasteiger partial charge in [-0.2, -0.15) is 0 Å². The molecule has 0 heterocycles. The van der Waals surface area contributed by atoms with E-state index >= 15 is 0 Å². The number of hydrogen-bond donors (Lipinski definition) is 4. The molecule has 0 aromatic heterocycles. The molecule has 5 nitrogen and oxygen atoms in total. The summed E-state index contributed by atoms with van der Waals surface area (Å²) in [5.41, 5.74) is 4.04.